The molecule has 3 nitrogen and oxygen atoms in total. The first kappa shape index (κ1) is 15.0. The van der Waals surface area contributed by atoms with Crippen LogP contribution in [0.1, 0.15) is 35.7 Å². The second-order valence-corrected chi connectivity index (χ2v) is 5.55. The van der Waals surface area contributed by atoms with E-state index in [1.165, 1.54) is 12.1 Å². The van der Waals surface area contributed by atoms with E-state index in [9.17, 15) is 9.18 Å². The van der Waals surface area contributed by atoms with Gasteiger partial charge in [-0.2, -0.15) is 0 Å². The highest BCUT2D eigenvalue weighted by molar-refractivity contribution is 5.94. The normalized spacial score (nSPS) is 17.1. The minimum absolute atomic E-state index is 0.106. The monoisotopic (exact) mass is 278 g/mol. The Labute approximate surface area is 120 Å². The zero-order valence-corrected chi connectivity index (χ0v) is 12.3. The lowest BCUT2D eigenvalue weighted by atomic mass is 9.96. The molecule has 1 fully saturated rings. The summed E-state index contributed by atoms with van der Waals surface area (Å²) in [6, 6.07) is 4.49. The van der Waals surface area contributed by atoms with Crippen LogP contribution in [0, 0.1) is 18.7 Å². The molecule has 20 heavy (non-hydrogen) atoms. The molecule has 2 rings (SSSR count). The van der Waals surface area contributed by atoms with Crippen LogP contribution in [-0.2, 0) is 0 Å². The number of piperidine rings is 1. The zero-order chi connectivity index (χ0) is 14.5. The van der Waals surface area contributed by atoms with Crippen molar-refractivity contribution in [1.82, 2.24) is 10.2 Å². The van der Waals surface area contributed by atoms with Crippen molar-refractivity contribution >= 4 is 5.91 Å². The highest BCUT2D eigenvalue weighted by Crippen LogP contribution is 2.16. The summed E-state index contributed by atoms with van der Waals surface area (Å²) in [5, 5.41) is 2.97. The molecule has 110 valence electrons. The molecule has 1 aromatic carbocycles. The van der Waals surface area contributed by atoms with Gasteiger partial charge >= 0.3 is 0 Å². The molecule has 1 aliphatic rings. The lowest BCUT2D eigenvalue weighted by molar-refractivity contribution is 0.0936. The Bertz CT molecular complexity index is 468. The van der Waals surface area contributed by atoms with E-state index >= 15 is 0 Å². The topological polar surface area (TPSA) is 32.3 Å². The lowest BCUT2D eigenvalue weighted by Crippen LogP contribution is -2.38. The summed E-state index contributed by atoms with van der Waals surface area (Å²) in [5.74, 6) is 0.183. The Morgan fingerprint density at radius 3 is 2.70 bits per heavy atom. The molecule has 1 amide bonds. The van der Waals surface area contributed by atoms with Crippen LogP contribution in [0.5, 0.6) is 0 Å². The summed E-state index contributed by atoms with van der Waals surface area (Å²) in [7, 11) is 0. The van der Waals surface area contributed by atoms with Gasteiger partial charge in [-0.1, -0.05) is 6.92 Å². The van der Waals surface area contributed by atoms with E-state index < -0.39 is 0 Å². The molecule has 1 heterocycles. The van der Waals surface area contributed by atoms with Crippen molar-refractivity contribution in [3.8, 4) is 0 Å². The minimum atomic E-state index is -0.270. The molecular formula is C16H23FN2O. The highest BCUT2D eigenvalue weighted by atomic mass is 19.1. The van der Waals surface area contributed by atoms with Gasteiger partial charge in [0.05, 0.1) is 0 Å². The Kier molecular flexibility index (Phi) is 5.12. The van der Waals surface area contributed by atoms with Crippen LogP contribution in [0.3, 0.4) is 0 Å². The van der Waals surface area contributed by atoms with Crippen LogP contribution in [0.25, 0.3) is 0 Å². The fourth-order valence-corrected chi connectivity index (χ4v) is 2.63. The molecule has 0 saturated carbocycles. The number of hydrogen-bond donors (Lipinski definition) is 1. The molecule has 0 unspecified atom stereocenters. The molecule has 4 heteroatoms. The third-order valence-electron chi connectivity index (χ3n) is 4.13. The molecule has 0 atom stereocenters. The summed E-state index contributed by atoms with van der Waals surface area (Å²) in [6.45, 7) is 7.91. The standard InChI is InChI=1S/C16H23FN2O/c1-3-19-8-6-13(7-9-19)11-18-16(20)14-4-5-15(17)12(2)10-14/h4-5,10,13H,3,6-9,11H2,1-2H3,(H,18,20). The van der Waals surface area contributed by atoms with E-state index in [1.54, 1.807) is 13.0 Å². The fourth-order valence-electron chi connectivity index (χ4n) is 2.63. The van der Waals surface area contributed by atoms with Crippen molar-refractivity contribution in [2.45, 2.75) is 26.7 Å². The van der Waals surface area contributed by atoms with Gasteiger partial charge in [0, 0.05) is 12.1 Å². The predicted octanol–water partition coefficient (Wildman–Crippen LogP) is 2.60. The third kappa shape index (κ3) is 3.79. The van der Waals surface area contributed by atoms with E-state index in [4.69, 9.17) is 0 Å². The number of nitrogens with one attached hydrogen (secondary N) is 1. The first-order valence-electron chi connectivity index (χ1n) is 7.37. The predicted molar refractivity (Wildman–Crippen MR) is 78.3 cm³/mol. The fraction of sp³-hybridized carbons (Fsp3) is 0.562. The van der Waals surface area contributed by atoms with Crippen LogP contribution in [-0.4, -0.2) is 37.0 Å². The second kappa shape index (κ2) is 6.84. The second-order valence-electron chi connectivity index (χ2n) is 5.55. The van der Waals surface area contributed by atoms with E-state index in [0.29, 0.717) is 23.6 Å². The number of nitrogens with zero attached hydrogens (tertiary/aromatic N) is 1. The van der Waals surface area contributed by atoms with Gasteiger partial charge in [0.1, 0.15) is 5.82 Å². The van der Waals surface area contributed by atoms with Crippen LogP contribution < -0.4 is 5.32 Å². The van der Waals surface area contributed by atoms with Gasteiger partial charge in [-0.05, 0) is 69.1 Å². The van der Waals surface area contributed by atoms with Crippen molar-refractivity contribution in [2.75, 3.05) is 26.2 Å². The first-order valence-corrected chi connectivity index (χ1v) is 7.37. The van der Waals surface area contributed by atoms with Gasteiger partial charge in [-0.3, -0.25) is 4.79 Å². The van der Waals surface area contributed by atoms with Crippen molar-refractivity contribution in [2.24, 2.45) is 5.92 Å². The number of likely N-dealkylation sites (tertiary alicyclic amines) is 1. The molecule has 0 bridgehead atoms. The number of halogens is 1. The zero-order valence-electron chi connectivity index (χ0n) is 12.3. The van der Waals surface area contributed by atoms with Gasteiger partial charge in [-0.25, -0.2) is 4.39 Å². The first-order chi connectivity index (χ1) is 9.60. The summed E-state index contributed by atoms with van der Waals surface area (Å²) in [5.41, 5.74) is 1.05. The van der Waals surface area contributed by atoms with Crippen LogP contribution in [0.2, 0.25) is 0 Å². The van der Waals surface area contributed by atoms with Gasteiger partial charge in [-0.15, -0.1) is 0 Å². The summed E-state index contributed by atoms with van der Waals surface area (Å²) >= 11 is 0. The Hall–Kier alpha value is -1.42. The van der Waals surface area contributed by atoms with Crippen molar-refractivity contribution in [3.63, 3.8) is 0 Å². The van der Waals surface area contributed by atoms with Crippen LogP contribution in [0.15, 0.2) is 18.2 Å². The average molecular weight is 278 g/mol. The molecule has 1 saturated heterocycles. The summed E-state index contributed by atoms with van der Waals surface area (Å²) in [4.78, 5) is 14.5. The SMILES string of the molecule is CCN1CCC(CNC(=O)c2ccc(F)c(C)c2)CC1. The number of carbonyl (C=O) groups excluding carboxylic acids is 1. The van der Waals surface area contributed by atoms with E-state index in [1.807, 2.05) is 0 Å². The van der Waals surface area contributed by atoms with E-state index in [-0.39, 0.29) is 11.7 Å². The number of rotatable bonds is 4. The molecular weight excluding hydrogens is 255 g/mol. The van der Waals surface area contributed by atoms with Crippen molar-refractivity contribution in [3.05, 3.63) is 35.1 Å². The van der Waals surface area contributed by atoms with Crippen molar-refractivity contribution < 1.29 is 9.18 Å². The van der Waals surface area contributed by atoms with Crippen molar-refractivity contribution in [1.29, 1.82) is 0 Å². The highest BCUT2D eigenvalue weighted by Gasteiger charge is 2.18. The summed E-state index contributed by atoms with van der Waals surface area (Å²) in [6.07, 6.45) is 2.27. The maximum Gasteiger partial charge on any atom is 0.251 e. The molecule has 0 spiro atoms. The third-order valence-corrected chi connectivity index (χ3v) is 4.13. The number of hydrogen-bond acceptors (Lipinski definition) is 2. The van der Waals surface area contributed by atoms with Crippen LogP contribution in [0.4, 0.5) is 4.39 Å². The van der Waals surface area contributed by atoms with Gasteiger partial charge in [0.25, 0.3) is 5.91 Å². The minimum Gasteiger partial charge on any atom is -0.352 e. The van der Waals surface area contributed by atoms with Gasteiger partial charge in [0.2, 0.25) is 0 Å². The smallest absolute Gasteiger partial charge is 0.251 e. The number of benzene rings is 1. The Balaban J connectivity index is 1.82. The maximum absolute atomic E-state index is 13.2. The van der Waals surface area contributed by atoms with Gasteiger partial charge in [0.15, 0.2) is 0 Å². The molecule has 1 aromatic rings. The molecule has 0 aliphatic carbocycles. The average Bonchev–Trinajstić information content (AvgIpc) is 2.48. The van der Waals surface area contributed by atoms with Gasteiger partial charge < -0.3 is 10.2 Å². The molecule has 1 aliphatic heterocycles. The van der Waals surface area contributed by atoms with E-state index in [2.05, 4.69) is 17.1 Å². The number of carbonyl (C=O) groups is 1. The summed E-state index contributed by atoms with van der Waals surface area (Å²) < 4.78 is 13.2. The molecule has 0 aromatic heterocycles. The lowest BCUT2D eigenvalue weighted by Gasteiger charge is -2.31. The number of aryl methyl sites for hydroxylation is 1. The maximum atomic E-state index is 13.2. The Morgan fingerprint density at radius 1 is 1.40 bits per heavy atom. The largest absolute Gasteiger partial charge is 0.352 e. The molecule has 0 radical (unpaired) electrons. The van der Waals surface area contributed by atoms with E-state index in [0.717, 1.165) is 32.5 Å². The number of amides is 1. The van der Waals surface area contributed by atoms with Crippen LogP contribution >= 0.6 is 0 Å². The Morgan fingerprint density at radius 2 is 2.10 bits per heavy atom. The molecule has 1 N–H and O–H groups in total. The quantitative estimate of drug-likeness (QED) is 0.918.